The molecule has 3 nitrogen and oxygen atoms in total. The molecule has 2 aromatic rings. The fraction of sp³-hybridized carbons (Fsp3) is 0.429. The lowest BCUT2D eigenvalue weighted by Gasteiger charge is -2.28. The van der Waals surface area contributed by atoms with E-state index in [0.717, 1.165) is 29.2 Å². The van der Waals surface area contributed by atoms with Gasteiger partial charge in [-0.25, -0.2) is 14.4 Å². The Kier molecular flexibility index (Phi) is 2.07. The van der Waals surface area contributed by atoms with E-state index >= 15 is 0 Å². The molecule has 1 saturated carbocycles. The molecule has 1 aliphatic carbocycles. The van der Waals surface area contributed by atoms with E-state index in [1.807, 2.05) is 0 Å². The topological polar surface area (TPSA) is 29.0 Å². The Hall–Kier alpha value is -1.71. The second-order valence-electron chi connectivity index (χ2n) is 5.34. The highest BCUT2D eigenvalue weighted by Crippen LogP contribution is 2.41. The number of nitrogens with zero attached hydrogens (tertiary/aromatic N) is 3. The van der Waals surface area contributed by atoms with Crippen molar-refractivity contribution in [3.05, 3.63) is 30.3 Å². The number of rotatable bonds is 1. The van der Waals surface area contributed by atoms with Gasteiger partial charge >= 0.3 is 0 Å². The average molecular weight is 243 g/mol. The number of hydrogen-bond donors (Lipinski definition) is 0. The highest BCUT2D eigenvalue weighted by Gasteiger charge is 2.38. The monoisotopic (exact) mass is 243 g/mol. The van der Waals surface area contributed by atoms with Crippen molar-refractivity contribution in [3.63, 3.8) is 0 Å². The number of fused-ring (bicyclic) bond motifs is 3. The van der Waals surface area contributed by atoms with Crippen molar-refractivity contribution in [3.8, 4) is 0 Å². The molecule has 1 aliphatic heterocycles. The van der Waals surface area contributed by atoms with Gasteiger partial charge in [-0.1, -0.05) is 0 Å². The predicted octanol–water partition coefficient (Wildman–Crippen LogP) is 2.76. The largest absolute Gasteiger partial charge is 0.353 e. The van der Waals surface area contributed by atoms with Crippen LogP contribution in [0, 0.1) is 11.7 Å². The molecule has 92 valence electrons. The number of halogens is 1. The third-order valence-electron chi connectivity index (χ3n) is 4.26. The zero-order valence-electron chi connectivity index (χ0n) is 10.0. The first-order valence-corrected chi connectivity index (χ1v) is 6.48. The standard InChI is InChI=1S/C14H14FN3/c15-10-2-4-13-12(6-10)14(17-8-16-13)18-7-9-1-3-11(18)5-9/h2,4,6,8-9,11H,1,3,5,7H2. The summed E-state index contributed by atoms with van der Waals surface area (Å²) in [6.45, 7) is 1.06. The van der Waals surface area contributed by atoms with E-state index in [4.69, 9.17) is 0 Å². The zero-order chi connectivity index (χ0) is 12.1. The molecule has 1 aromatic carbocycles. The maximum atomic E-state index is 13.4. The van der Waals surface area contributed by atoms with Gasteiger partial charge in [-0.15, -0.1) is 0 Å². The van der Waals surface area contributed by atoms with Crippen LogP contribution in [0.3, 0.4) is 0 Å². The molecule has 2 fully saturated rings. The van der Waals surface area contributed by atoms with Crippen LogP contribution in [0.4, 0.5) is 10.2 Å². The van der Waals surface area contributed by atoms with Gasteiger partial charge in [0.15, 0.2) is 0 Å². The van der Waals surface area contributed by atoms with Crippen molar-refractivity contribution in [2.45, 2.75) is 25.3 Å². The van der Waals surface area contributed by atoms with E-state index in [0.29, 0.717) is 6.04 Å². The fourth-order valence-electron chi connectivity index (χ4n) is 3.43. The maximum Gasteiger partial charge on any atom is 0.140 e. The number of aromatic nitrogens is 2. The number of piperidine rings is 1. The normalized spacial score (nSPS) is 26.2. The highest BCUT2D eigenvalue weighted by molar-refractivity contribution is 5.89. The summed E-state index contributed by atoms with van der Waals surface area (Å²) in [6, 6.07) is 5.33. The third-order valence-corrected chi connectivity index (χ3v) is 4.26. The van der Waals surface area contributed by atoms with E-state index in [2.05, 4.69) is 14.9 Å². The van der Waals surface area contributed by atoms with Crippen LogP contribution in [0.5, 0.6) is 0 Å². The zero-order valence-corrected chi connectivity index (χ0v) is 10.0. The molecular formula is C14H14FN3. The molecule has 0 radical (unpaired) electrons. The first kappa shape index (κ1) is 10.2. The van der Waals surface area contributed by atoms with Crippen LogP contribution in [0.1, 0.15) is 19.3 Å². The van der Waals surface area contributed by atoms with Crippen LogP contribution in [0.15, 0.2) is 24.5 Å². The van der Waals surface area contributed by atoms with E-state index in [-0.39, 0.29) is 5.82 Å². The minimum Gasteiger partial charge on any atom is -0.353 e. The maximum absolute atomic E-state index is 13.4. The van der Waals surface area contributed by atoms with Crippen molar-refractivity contribution < 1.29 is 4.39 Å². The molecule has 1 aromatic heterocycles. The number of anilines is 1. The van der Waals surface area contributed by atoms with Gasteiger partial charge in [-0.2, -0.15) is 0 Å². The Morgan fingerprint density at radius 2 is 2.17 bits per heavy atom. The predicted molar refractivity (Wildman–Crippen MR) is 68.0 cm³/mol. The quantitative estimate of drug-likeness (QED) is 0.771. The summed E-state index contributed by atoms with van der Waals surface area (Å²) in [4.78, 5) is 11.0. The van der Waals surface area contributed by atoms with Crippen LogP contribution in [-0.4, -0.2) is 22.6 Å². The molecule has 2 heterocycles. The lowest BCUT2D eigenvalue weighted by atomic mass is 10.1. The molecular weight excluding hydrogens is 229 g/mol. The molecule has 2 aliphatic rings. The fourth-order valence-corrected chi connectivity index (χ4v) is 3.43. The van der Waals surface area contributed by atoms with Crippen molar-refractivity contribution >= 4 is 16.7 Å². The van der Waals surface area contributed by atoms with Gasteiger partial charge in [0, 0.05) is 18.0 Å². The van der Waals surface area contributed by atoms with Crippen LogP contribution in [0.2, 0.25) is 0 Å². The first-order chi connectivity index (χ1) is 8.81. The smallest absolute Gasteiger partial charge is 0.140 e. The van der Waals surface area contributed by atoms with Crippen molar-refractivity contribution in [2.75, 3.05) is 11.4 Å². The molecule has 2 bridgehead atoms. The Balaban J connectivity index is 1.87. The molecule has 2 atom stereocenters. The van der Waals surface area contributed by atoms with Gasteiger partial charge in [-0.05, 0) is 43.4 Å². The molecule has 4 heteroatoms. The van der Waals surface area contributed by atoms with E-state index in [1.165, 1.54) is 25.3 Å². The van der Waals surface area contributed by atoms with Crippen molar-refractivity contribution in [1.82, 2.24) is 9.97 Å². The Morgan fingerprint density at radius 1 is 1.22 bits per heavy atom. The Morgan fingerprint density at radius 3 is 2.94 bits per heavy atom. The molecule has 0 amide bonds. The average Bonchev–Trinajstić information content (AvgIpc) is 3.00. The summed E-state index contributed by atoms with van der Waals surface area (Å²) in [5.41, 5.74) is 0.823. The molecule has 4 rings (SSSR count). The SMILES string of the molecule is Fc1ccc2ncnc(N3CC4CCC3C4)c2c1. The minimum atomic E-state index is -0.220. The molecule has 2 unspecified atom stereocenters. The third kappa shape index (κ3) is 1.41. The van der Waals surface area contributed by atoms with Gasteiger partial charge in [-0.3, -0.25) is 0 Å². The van der Waals surface area contributed by atoms with E-state index in [9.17, 15) is 4.39 Å². The Bertz CT molecular complexity index is 613. The summed E-state index contributed by atoms with van der Waals surface area (Å²) < 4.78 is 13.4. The van der Waals surface area contributed by atoms with Gasteiger partial charge in [0.25, 0.3) is 0 Å². The number of benzene rings is 1. The highest BCUT2D eigenvalue weighted by atomic mass is 19.1. The van der Waals surface area contributed by atoms with Gasteiger partial charge in [0.2, 0.25) is 0 Å². The van der Waals surface area contributed by atoms with Crippen LogP contribution in [0.25, 0.3) is 10.9 Å². The summed E-state index contributed by atoms with van der Waals surface area (Å²) >= 11 is 0. The lowest BCUT2D eigenvalue weighted by molar-refractivity contribution is 0.551. The summed E-state index contributed by atoms with van der Waals surface area (Å²) in [7, 11) is 0. The molecule has 0 spiro atoms. The van der Waals surface area contributed by atoms with E-state index < -0.39 is 0 Å². The van der Waals surface area contributed by atoms with Gasteiger partial charge in [0.1, 0.15) is 18.0 Å². The second kappa shape index (κ2) is 3.64. The summed E-state index contributed by atoms with van der Waals surface area (Å²) in [6.07, 6.45) is 5.42. The number of hydrogen-bond acceptors (Lipinski definition) is 3. The lowest BCUT2D eigenvalue weighted by Crippen LogP contribution is -2.32. The first-order valence-electron chi connectivity index (χ1n) is 6.48. The minimum absolute atomic E-state index is 0.220. The summed E-state index contributed by atoms with van der Waals surface area (Å²) in [5.74, 6) is 1.49. The van der Waals surface area contributed by atoms with Gasteiger partial charge < -0.3 is 4.90 Å². The molecule has 0 N–H and O–H groups in total. The molecule has 1 saturated heterocycles. The van der Waals surface area contributed by atoms with Crippen LogP contribution in [-0.2, 0) is 0 Å². The Labute approximate surface area is 105 Å². The van der Waals surface area contributed by atoms with Gasteiger partial charge in [0.05, 0.1) is 5.52 Å². The second-order valence-corrected chi connectivity index (χ2v) is 5.34. The molecule has 18 heavy (non-hydrogen) atoms. The van der Waals surface area contributed by atoms with Crippen molar-refractivity contribution in [1.29, 1.82) is 0 Å². The van der Waals surface area contributed by atoms with Crippen molar-refractivity contribution in [2.24, 2.45) is 5.92 Å². The van der Waals surface area contributed by atoms with Crippen LogP contribution < -0.4 is 4.90 Å². The summed E-state index contributed by atoms with van der Waals surface area (Å²) in [5, 5.41) is 0.838. The van der Waals surface area contributed by atoms with E-state index in [1.54, 1.807) is 18.5 Å². The van der Waals surface area contributed by atoms with Crippen LogP contribution >= 0.6 is 0 Å².